The first-order valence-corrected chi connectivity index (χ1v) is 6.53. The quantitative estimate of drug-likeness (QED) is 0.708. The van der Waals surface area contributed by atoms with Gasteiger partial charge < -0.3 is 5.32 Å². The van der Waals surface area contributed by atoms with Gasteiger partial charge in [0.05, 0.1) is 10.7 Å². The van der Waals surface area contributed by atoms with Gasteiger partial charge in [0.1, 0.15) is 0 Å². The zero-order chi connectivity index (χ0) is 15.2. The minimum atomic E-state index is -4.94. The second-order valence-corrected chi connectivity index (χ2v) is 5.12. The number of rotatable bonds is 1. The largest absolute Gasteiger partial charge is 0.471 e. The molecule has 1 N–H and O–H groups in total. The Labute approximate surface area is 123 Å². The van der Waals surface area contributed by atoms with Crippen LogP contribution in [0.5, 0.6) is 0 Å². The number of hydrogen-bond acceptors (Lipinski definition) is 1. The molecule has 1 aliphatic rings. The maximum Gasteiger partial charge on any atom is 0.471 e. The SMILES string of the molecule is O=C(Nc1ccc2c(c1Cl)Cc1ccccc1-2)C(F)(F)F. The van der Waals surface area contributed by atoms with Gasteiger partial charge in [-0.05, 0) is 28.3 Å². The van der Waals surface area contributed by atoms with Crippen LogP contribution in [0.1, 0.15) is 11.1 Å². The fourth-order valence-corrected chi connectivity index (χ4v) is 2.74. The summed E-state index contributed by atoms with van der Waals surface area (Å²) >= 11 is 6.16. The lowest BCUT2D eigenvalue weighted by atomic mass is 10.1. The van der Waals surface area contributed by atoms with Crippen LogP contribution in [-0.2, 0) is 11.2 Å². The van der Waals surface area contributed by atoms with E-state index < -0.39 is 12.1 Å². The van der Waals surface area contributed by atoms with Crippen LogP contribution in [0, 0.1) is 0 Å². The Hall–Kier alpha value is -2.01. The van der Waals surface area contributed by atoms with Gasteiger partial charge in [-0.25, -0.2) is 0 Å². The molecule has 0 bridgehead atoms. The summed E-state index contributed by atoms with van der Waals surface area (Å²) in [5, 5.41) is 1.96. The van der Waals surface area contributed by atoms with Crippen molar-refractivity contribution < 1.29 is 18.0 Å². The molecule has 0 heterocycles. The molecular formula is C15H9ClF3NO. The standard InChI is InChI=1S/C15H9ClF3NO/c16-13-11-7-8-3-1-2-4-9(8)10(11)5-6-12(13)20-14(21)15(17,18)19/h1-6H,7H2,(H,20,21). The molecule has 1 aliphatic carbocycles. The van der Waals surface area contributed by atoms with Gasteiger partial charge in [0.15, 0.2) is 0 Å². The molecule has 0 unspecified atom stereocenters. The lowest BCUT2D eigenvalue weighted by molar-refractivity contribution is -0.167. The average Bonchev–Trinajstić information content (AvgIpc) is 2.80. The monoisotopic (exact) mass is 311 g/mol. The number of nitrogens with one attached hydrogen (secondary N) is 1. The van der Waals surface area contributed by atoms with Gasteiger partial charge in [0.2, 0.25) is 0 Å². The third-order valence-electron chi connectivity index (χ3n) is 3.42. The first-order valence-electron chi connectivity index (χ1n) is 6.16. The summed E-state index contributed by atoms with van der Waals surface area (Å²) in [6, 6.07) is 10.7. The van der Waals surface area contributed by atoms with Gasteiger partial charge in [-0.1, -0.05) is 41.9 Å². The molecule has 2 nitrogen and oxygen atoms in total. The lowest BCUT2D eigenvalue weighted by Gasteiger charge is -2.12. The van der Waals surface area contributed by atoms with E-state index in [9.17, 15) is 18.0 Å². The van der Waals surface area contributed by atoms with Crippen molar-refractivity contribution in [2.24, 2.45) is 0 Å². The van der Waals surface area contributed by atoms with Crippen LogP contribution in [0.15, 0.2) is 36.4 Å². The second-order valence-electron chi connectivity index (χ2n) is 4.74. The Morgan fingerprint density at radius 3 is 2.52 bits per heavy atom. The van der Waals surface area contributed by atoms with Crippen LogP contribution in [-0.4, -0.2) is 12.1 Å². The molecule has 6 heteroatoms. The van der Waals surface area contributed by atoms with E-state index in [1.54, 1.807) is 6.07 Å². The van der Waals surface area contributed by atoms with E-state index in [1.807, 2.05) is 29.6 Å². The fraction of sp³-hybridized carbons (Fsp3) is 0.133. The van der Waals surface area contributed by atoms with E-state index in [1.165, 1.54) is 6.07 Å². The van der Waals surface area contributed by atoms with E-state index >= 15 is 0 Å². The van der Waals surface area contributed by atoms with Crippen LogP contribution < -0.4 is 5.32 Å². The van der Waals surface area contributed by atoms with E-state index in [4.69, 9.17) is 11.6 Å². The van der Waals surface area contributed by atoms with Crippen LogP contribution in [0.25, 0.3) is 11.1 Å². The van der Waals surface area contributed by atoms with Gasteiger partial charge >= 0.3 is 12.1 Å². The molecule has 1 amide bonds. The van der Waals surface area contributed by atoms with Crippen LogP contribution in [0.4, 0.5) is 18.9 Å². The van der Waals surface area contributed by atoms with Crippen molar-refractivity contribution in [3.05, 3.63) is 52.5 Å². The van der Waals surface area contributed by atoms with Crippen molar-refractivity contribution in [1.82, 2.24) is 0 Å². The summed E-state index contributed by atoms with van der Waals surface area (Å²) < 4.78 is 36.9. The molecule has 0 aliphatic heterocycles. The minimum Gasteiger partial charge on any atom is -0.317 e. The Morgan fingerprint density at radius 2 is 1.81 bits per heavy atom. The Kier molecular flexibility index (Phi) is 3.17. The van der Waals surface area contributed by atoms with Crippen molar-refractivity contribution in [3.63, 3.8) is 0 Å². The molecule has 0 fully saturated rings. The van der Waals surface area contributed by atoms with Crippen molar-refractivity contribution in [2.75, 3.05) is 5.32 Å². The smallest absolute Gasteiger partial charge is 0.317 e. The Balaban J connectivity index is 1.99. The number of hydrogen-bond donors (Lipinski definition) is 1. The number of carbonyl (C=O) groups is 1. The Morgan fingerprint density at radius 1 is 1.10 bits per heavy atom. The zero-order valence-corrected chi connectivity index (χ0v) is 11.3. The summed E-state index contributed by atoms with van der Waals surface area (Å²) in [7, 11) is 0. The van der Waals surface area contributed by atoms with Crippen LogP contribution in [0.2, 0.25) is 5.02 Å². The van der Waals surface area contributed by atoms with Crippen molar-refractivity contribution in [3.8, 4) is 11.1 Å². The molecule has 0 spiro atoms. The molecule has 0 atom stereocenters. The Bertz CT molecular complexity index is 740. The number of halogens is 4. The number of carbonyl (C=O) groups excluding carboxylic acids is 1. The van der Waals surface area contributed by atoms with E-state index in [0.717, 1.165) is 22.3 Å². The van der Waals surface area contributed by atoms with Crippen molar-refractivity contribution in [2.45, 2.75) is 12.6 Å². The number of anilines is 1. The lowest BCUT2D eigenvalue weighted by Crippen LogP contribution is -2.30. The van der Waals surface area contributed by atoms with Crippen LogP contribution in [0.3, 0.4) is 0 Å². The van der Waals surface area contributed by atoms with Crippen molar-refractivity contribution >= 4 is 23.2 Å². The molecule has 0 saturated carbocycles. The van der Waals surface area contributed by atoms with Gasteiger partial charge in [0, 0.05) is 6.42 Å². The summed E-state index contributed by atoms with van der Waals surface area (Å²) in [4.78, 5) is 11.0. The second kappa shape index (κ2) is 4.77. The number of benzene rings is 2. The van der Waals surface area contributed by atoms with E-state index in [2.05, 4.69) is 0 Å². The highest BCUT2D eigenvalue weighted by Crippen LogP contribution is 2.42. The minimum absolute atomic E-state index is 0.0226. The summed E-state index contributed by atoms with van der Waals surface area (Å²) in [6.07, 6.45) is -4.40. The molecule has 0 aromatic heterocycles. The third-order valence-corrected chi connectivity index (χ3v) is 3.86. The third kappa shape index (κ3) is 2.38. The highest BCUT2D eigenvalue weighted by molar-refractivity contribution is 6.35. The molecule has 21 heavy (non-hydrogen) atoms. The number of fused-ring (bicyclic) bond motifs is 3. The molecule has 108 valence electrons. The normalized spacial score (nSPS) is 12.8. The van der Waals surface area contributed by atoms with Crippen molar-refractivity contribution in [1.29, 1.82) is 0 Å². The van der Waals surface area contributed by atoms with Gasteiger partial charge in [-0.15, -0.1) is 0 Å². The van der Waals surface area contributed by atoms with E-state index in [-0.39, 0.29) is 10.7 Å². The first-order chi connectivity index (χ1) is 9.88. The molecule has 2 aromatic carbocycles. The molecule has 0 saturated heterocycles. The summed E-state index contributed by atoms with van der Waals surface area (Å²) in [6.45, 7) is 0. The number of amides is 1. The maximum atomic E-state index is 12.3. The summed E-state index contributed by atoms with van der Waals surface area (Å²) in [5.74, 6) is -2.03. The molecule has 2 aromatic rings. The highest BCUT2D eigenvalue weighted by atomic mass is 35.5. The fourth-order valence-electron chi connectivity index (χ4n) is 2.46. The molecule has 0 radical (unpaired) electrons. The summed E-state index contributed by atoms with van der Waals surface area (Å²) in [5.41, 5.74) is 3.68. The first kappa shape index (κ1) is 13.9. The average molecular weight is 312 g/mol. The maximum absolute atomic E-state index is 12.3. The van der Waals surface area contributed by atoms with Gasteiger partial charge in [-0.3, -0.25) is 4.79 Å². The highest BCUT2D eigenvalue weighted by Gasteiger charge is 2.39. The van der Waals surface area contributed by atoms with Gasteiger partial charge in [-0.2, -0.15) is 13.2 Å². The zero-order valence-electron chi connectivity index (χ0n) is 10.6. The molecular weight excluding hydrogens is 303 g/mol. The topological polar surface area (TPSA) is 29.1 Å². The predicted octanol–water partition coefficient (Wildman–Crippen LogP) is 4.41. The van der Waals surface area contributed by atoms with Gasteiger partial charge in [0.25, 0.3) is 0 Å². The predicted molar refractivity (Wildman–Crippen MR) is 74.4 cm³/mol. The van der Waals surface area contributed by atoms with E-state index in [0.29, 0.717) is 6.42 Å². The van der Waals surface area contributed by atoms with Crippen LogP contribution >= 0.6 is 11.6 Å². The number of alkyl halides is 3. The molecule has 3 rings (SSSR count).